The predicted molar refractivity (Wildman–Crippen MR) is 104 cm³/mol. The monoisotopic (exact) mass is 335 g/mol. The number of Topliss-reactive ketones (excluding diaryl/α,β-unsaturated/α-hetero) is 1. The number of rotatable bonds is 3. The number of carbonyl (C=O) groups excluding carboxylic acids is 1. The van der Waals surface area contributed by atoms with Gasteiger partial charge in [0.1, 0.15) is 5.78 Å². The van der Waals surface area contributed by atoms with Crippen molar-refractivity contribution in [2.45, 2.75) is 65.2 Å². The second kappa shape index (κ2) is 6.23. The number of hydrogen-bond acceptors (Lipinski definition) is 2. The molecule has 1 fully saturated rings. The summed E-state index contributed by atoms with van der Waals surface area (Å²) in [6, 6.07) is 6.57. The molecule has 3 unspecified atom stereocenters. The van der Waals surface area contributed by atoms with E-state index < -0.39 is 0 Å². The number of allylic oxidation sites excluding steroid dienone is 1. The summed E-state index contributed by atoms with van der Waals surface area (Å²) in [7, 11) is 0. The first-order valence-corrected chi connectivity index (χ1v) is 9.90. The van der Waals surface area contributed by atoms with Crippen molar-refractivity contribution in [2.75, 3.05) is 0 Å². The summed E-state index contributed by atoms with van der Waals surface area (Å²) in [6.45, 7) is 6.81. The van der Waals surface area contributed by atoms with Crippen LogP contribution in [0.3, 0.4) is 0 Å². The maximum absolute atomic E-state index is 13.1. The van der Waals surface area contributed by atoms with Crippen molar-refractivity contribution in [1.82, 2.24) is 0 Å². The number of nitrogens with zero attached hydrogens (tertiary/aromatic N) is 1. The Morgan fingerprint density at radius 1 is 1.24 bits per heavy atom. The molecule has 2 aliphatic carbocycles. The smallest absolute Gasteiger partial charge is 0.136 e. The average Bonchev–Trinajstić information content (AvgIpc) is 2.88. The van der Waals surface area contributed by atoms with E-state index in [4.69, 9.17) is 0 Å². The Morgan fingerprint density at radius 3 is 2.76 bits per heavy atom. The molecule has 0 amide bonds. The normalized spacial score (nSPS) is 31.4. The van der Waals surface area contributed by atoms with Gasteiger partial charge in [-0.1, -0.05) is 51.3 Å². The van der Waals surface area contributed by atoms with E-state index >= 15 is 0 Å². The van der Waals surface area contributed by atoms with Gasteiger partial charge in [-0.15, -0.1) is 0 Å². The van der Waals surface area contributed by atoms with Crippen molar-refractivity contribution in [3.05, 3.63) is 41.1 Å². The Bertz CT molecular complexity index is 753. The van der Waals surface area contributed by atoms with E-state index in [0.29, 0.717) is 24.0 Å². The van der Waals surface area contributed by atoms with Crippen molar-refractivity contribution in [3.63, 3.8) is 0 Å². The standard InChI is InChI=1S/C23H29NO/c1-15-8-7-11-18-20-14-24-13-16(2)23(20,3)19(22(15)18)12-21(25)17-9-5-4-6-10-17/h7-8,11,13-14,16-17,19H,4-6,9-10,12H2,1-3H3. The summed E-state index contributed by atoms with van der Waals surface area (Å²) >= 11 is 0. The van der Waals surface area contributed by atoms with Gasteiger partial charge in [0.05, 0.1) is 0 Å². The lowest BCUT2D eigenvalue weighted by molar-refractivity contribution is -0.124. The molecule has 25 heavy (non-hydrogen) atoms. The van der Waals surface area contributed by atoms with Crippen molar-refractivity contribution in [1.29, 1.82) is 0 Å². The lowest BCUT2D eigenvalue weighted by Gasteiger charge is -2.39. The predicted octanol–water partition coefficient (Wildman–Crippen LogP) is 5.70. The highest BCUT2D eigenvalue weighted by Crippen LogP contribution is 2.61. The van der Waals surface area contributed by atoms with Crippen LogP contribution in [0.15, 0.2) is 29.4 Å². The van der Waals surface area contributed by atoms with Crippen LogP contribution < -0.4 is 0 Å². The zero-order valence-corrected chi connectivity index (χ0v) is 15.7. The molecule has 0 bridgehead atoms. The van der Waals surface area contributed by atoms with Crippen molar-refractivity contribution >= 4 is 17.6 Å². The van der Waals surface area contributed by atoms with Gasteiger partial charge in [0.15, 0.2) is 0 Å². The third-order valence-electron chi connectivity index (χ3n) is 7.19. The molecule has 1 aromatic carbocycles. The highest BCUT2D eigenvalue weighted by molar-refractivity contribution is 5.89. The molecule has 132 valence electrons. The lowest BCUT2D eigenvalue weighted by Crippen LogP contribution is -2.34. The van der Waals surface area contributed by atoms with Crippen LogP contribution in [-0.2, 0) is 4.79 Å². The first-order valence-electron chi connectivity index (χ1n) is 9.90. The number of benzene rings is 1. The molecule has 1 aromatic rings. The Balaban J connectivity index is 1.74. The summed E-state index contributed by atoms with van der Waals surface area (Å²) in [5.41, 5.74) is 5.37. The molecule has 2 heteroatoms. The molecular formula is C23H29NO. The topological polar surface area (TPSA) is 29.4 Å². The second-order valence-corrected chi connectivity index (χ2v) is 8.51. The van der Waals surface area contributed by atoms with Gasteiger partial charge in [-0.25, -0.2) is 0 Å². The fourth-order valence-electron chi connectivity index (χ4n) is 5.44. The van der Waals surface area contributed by atoms with Crippen molar-refractivity contribution in [3.8, 4) is 0 Å². The van der Waals surface area contributed by atoms with Gasteiger partial charge in [0.25, 0.3) is 0 Å². The van der Waals surface area contributed by atoms with E-state index in [-0.39, 0.29) is 11.3 Å². The van der Waals surface area contributed by atoms with Crippen LogP contribution in [-0.4, -0.2) is 12.0 Å². The van der Waals surface area contributed by atoms with Crippen molar-refractivity contribution < 1.29 is 4.79 Å². The summed E-state index contributed by atoms with van der Waals surface area (Å²) in [5.74, 6) is 1.43. The first kappa shape index (κ1) is 16.8. The molecule has 1 saturated carbocycles. The van der Waals surface area contributed by atoms with Crippen LogP contribution in [0.25, 0.3) is 5.57 Å². The number of carbonyl (C=O) groups is 1. The number of ketones is 1. The van der Waals surface area contributed by atoms with Crippen LogP contribution in [0, 0.1) is 24.2 Å². The third-order valence-corrected chi connectivity index (χ3v) is 7.19. The Morgan fingerprint density at radius 2 is 2.00 bits per heavy atom. The number of hydrogen-bond donors (Lipinski definition) is 0. The molecule has 3 atom stereocenters. The molecular weight excluding hydrogens is 306 g/mol. The third kappa shape index (κ3) is 2.53. The Hall–Kier alpha value is -1.70. The van der Waals surface area contributed by atoms with Gasteiger partial charge < -0.3 is 0 Å². The van der Waals surface area contributed by atoms with Gasteiger partial charge >= 0.3 is 0 Å². The quantitative estimate of drug-likeness (QED) is 0.696. The summed E-state index contributed by atoms with van der Waals surface area (Å²) in [5, 5.41) is 0. The van der Waals surface area contributed by atoms with Crippen LogP contribution in [0.4, 0.5) is 0 Å². The van der Waals surface area contributed by atoms with E-state index in [1.54, 1.807) is 0 Å². The molecule has 4 rings (SSSR count). The molecule has 1 heterocycles. The molecule has 0 aromatic heterocycles. The lowest BCUT2D eigenvalue weighted by atomic mass is 9.64. The van der Waals surface area contributed by atoms with E-state index in [9.17, 15) is 4.79 Å². The van der Waals surface area contributed by atoms with E-state index in [1.807, 2.05) is 6.20 Å². The van der Waals surface area contributed by atoms with Gasteiger partial charge in [0.2, 0.25) is 0 Å². The SMILES string of the molecule is Cc1cccc2c1C(CC(=O)C1CCCCC1)C1(C)C2=CN=CC1C. The van der Waals surface area contributed by atoms with Crippen LogP contribution >= 0.6 is 0 Å². The van der Waals surface area contributed by atoms with Crippen LogP contribution in [0.1, 0.15) is 75.0 Å². The van der Waals surface area contributed by atoms with Gasteiger partial charge in [-0.2, -0.15) is 0 Å². The van der Waals surface area contributed by atoms with Gasteiger partial charge in [0, 0.05) is 42.0 Å². The zero-order chi connectivity index (χ0) is 17.6. The van der Waals surface area contributed by atoms with E-state index in [1.165, 1.54) is 41.5 Å². The fraction of sp³-hybridized carbons (Fsp3) is 0.565. The minimum absolute atomic E-state index is 0.0134. The van der Waals surface area contributed by atoms with Crippen LogP contribution in [0.5, 0.6) is 0 Å². The first-order chi connectivity index (χ1) is 12.0. The summed E-state index contributed by atoms with van der Waals surface area (Å²) < 4.78 is 0. The minimum atomic E-state index is -0.0134. The minimum Gasteiger partial charge on any atom is -0.299 e. The molecule has 2 nitrogen and oxygen atoms in total. The number of fused-ring (bicyclic) bond motifs is 3. The Labute approximate surface area is 151 Å². The van der Waals surface area contributed by atoms with Crippen molar-refractivity contribution in [2.24, 2.45) is 22.2 Å². The van der Waals surface area contributed by atoms with E-state index in [0.717, 1.165) is 12.8 Å². The molecule has 0 N–H and O–H groups in total. The molecule has 0 spiro atoms. The highest BCUT2D eigenvalue weighted by atomic mass is 16.1. The number of aliphatic imine (C=N–C) groups is 1. The van der Waals surface area contributed by atoms with E-state index in [2.05, 4.69) is 50.2 Å². The Kier molecular flexibility index (Phi) is 4.17. The molecule has 3 aliphatic rings. The summed E-state index contributed by atoms with van der Waals surface area (Å²) in [6.07, 6.45) is 10.8. The van der Waals surface area contributed by atoms with Gasteiger partial charge in [-0.3, -0.25) is 9.79 Å². The molecule has 1 aliphatic heterocycles. The molecule has 0 radical (unpaired) electrons. The maximum Gasteiger partial charge on any atom is 0.136 e. The number of aryl methyl sites for hydroxylation is 1. The second-order valence-electron chi connectivity index (χ2n) is 8.51. The summed E-state index contributed by atoms with van der Waals surface area (Å²) in [4.78, 5) is 17.7. The maximum atomic E-state index is 13.1. The highest BCUT2D eigenvalue weighted by Gasteiger charge is 2.51. The van der Waals surface area contributed by atoms with Crippen LogP contribution in [0.2, 0.25) is 0 Å². The fourth-order valence-corrected chi connectivity index (χ4v) is 5.44. The zero-order valence-electron chi connectivity index (χ0n) is 15.7. The largest absolute Gasteiger partial charge is 0.299 e. The average molecular weight is 335 g/mol. The molecule has 0 saturated heterocycles. The van der Waals surface area contributed by atoms with Gasteiger partial charge in [-0.05, 0) is 42.0 Å².